The van der Waals surface area contributed by atoms with Gasteiger partial charge in [0, 0.05) is 25.6 Å². The number of alkyl halides is 1. The summed E-state index contributed by atoms with van der Waals surface area (Å²) in [5.41, 5.74) is -1.96. The highest BCUT2D eigenvalue weighted by molar-refractivity contribution is 5.81. The zero-order chi connectivity index (χ0) is 15.0. The predicted molar refractivity (Wildman–Crippen MR) is 69.3 cm³/mol. The van der Waals surface area contributed by atoms with E-state index >= 15 is 0 Å². The fourth-order valence-corrected chi connectivity index (χ4v) is 2.99. The maximum atomic E-state index is 14.9. The molecule has 1 aromatic carbocycles. The summed E-state index contributed by atoms with van der Waals surface area (Å²) >= 11 is 0. The molecule has 2 fully saturated rings. The molecular formula is C15H16F3NO2. The van der Waals surface area contributed by atoms with Gasteiger partial charge in [-0.25, -0.2) is 13.2 Å². The topological polar surface area (TPSA) is 29.5 Å². The van der Waals surface area contributed by atoms with Gasteiger partial charge in [0.2, 0.25) is 0 Å². The quantitative estimate of drug-likeness (QED) is 0.840. The first-order valence-electron chi connectivity index (χ1n) is 7.04. The lowest BCUT2D eigenvalue weighted by Gasteiger charge is -2.23. The molecule has 0 saturated carbocycles. The molecule has 2 aliphatic rings. The Morgan fingerprint density at radius 2 is 2.00 bits per heavy atom. The summed E-state index contributed by atoms with van der Waals surface area (Å²) in [6.07, 6.45) is 0.995. The number of halogens is 3. The first kappa shape index (κ1) is 14.4. The molecular weight excluding hydrogens is 283 g/mol. The first-order valence-corrected chi connectivity index (χ1v) is 7.04. The van der Waals surface area contributed by atoms with E-state index in [1.807, 2.05) is 0 Å². The zero-order valence-electron chi connectivity index (χ0n) is 11.4. The molecule has 0 spiro atoms. The highest BCUT2D eigenvalue weighted by Crippen LogP contribution is 2.37. The minimum absolute atomic E-state index is 0.0361. The number of hydrogen-bond donors (Lipinski definition) is 0. The van der Waals surface area contributed by atoms with E-state index in [1.54, 1.807) is 0 Å². The fraction of sp³-hybridized carbons (Fsp3) is 0.533. The van der Waals surface area contributed by atoms with E-state index in [0.717, 1.165) is 18.6 Å². The second-order valence-corrected chi connectivity index (χ2v) is 5.63. The molecule has 0 aromatic heterocycles. The minimum Gasteiger partial charge on any atom is -0.368 e. The Morgan fingerprint density at radius 3 is 2.62 bits per heavy atom. The van der Waals surface area contributed by atoms with Crippen LogP contribution in [0.3, 0.4) is 0 Å². The maximum Gasteiger partial charge on any atom is 0.251 e. The van der Waals surface area contributed by atoms with E-state index in [1.165, 1.54) is 4.90 Å². The number of nitrogens with zero attached hydrogens (tertiary/aromatic N) is 1. The number of benzene rings is 1. The van der Waals surface area contributed by atoms with Crippen LogP contribution in [0.4, 0.5) is 13.2 Å². The predicted octanol–water partition coefficient (Wildman–Crippen LogP) is 2.54. The zero-order valence-corrected chi connectivity index (χ0v) is 11.4. The van der Waals surface area contributed by atoms with Crippen molar-refractivity contribution in [2.24, 2.45) is 0 Å². The number of carbonyl (C=O) groups excluding carboxylic acids is 1. The van der Waals surface area contributed by atoms with Crippen LogP contribution in [-0.2, 0) is 15.2 Å². The molecule has 1 aromatic rings. The van der Waals surface area contributed by atoms with Crippen LogP contribution in [0.1, 0.15) is 24.8 Å². The van der Waals surface area contributed by atoms with Crippen LogP contribution in [0.15, 0.2) is 18.2 Å². The molecule has 2 saturated heterocycles. The summed E-state index contributed by atoms with van der Waals surface area (Å²) < 4.78 is 46.7. The Labute approximate surface area is 120 Å². The van der Waals surface area contributed by atoms with Crippen LogP contribution >= 0.6 is 0 Å². The summed E-state index contributed by atoms with van der Waals surface area (Å²) in [5.74, 6) is -1.86. The monoisotopic (exact) mass is 299 g/mol. The van der Waals surface area contributed by atoms with E-state index in [-0.39, 0.29) is 31.0 Å². The molecule has 6 heteroatoms. The molecule has 2 heterocycles. The summed E-state index contributed by atoms with van der Waals surface area (Å²) in [6, 6.07) is 2.68. The van der Waals surface area contributed by atoms with Crippen molar-refractivity contribution < 1.29 is 22.7 Å². The van der Waals surface area contributed by atoms with Gasteiger partial charge >= 0.3 is 0 Å². The summed E-state index contributed by atoms with van der Waals surface area (Å²) in [7, 11) is 0. The number of hydrogen-bond acceptors (Lipinski definition) is 2. The van der Waals surface area contributed by atoms with Crippen molar-refractivity contribution in [3.63, 3.8) is 0 Å². The second-order valence-electron chi connectivity index (χ2n) is 5.63. The van der Waals surface area contributed by atoms with Gasteiger partial charge in [-0.2, -0.15) is 0 Å². The molecule has 3 rings (SSSR count). The van der Waals surface area contributed by atoms with Gasteiger partial charge in [0.1, 0.15) is 17.7 Å². The molecule has 2 aliphatic heterocycles. The van der Waals surface area contributed by atoms with Crippen molar-refractivity contribution in [3.05, 3.63) is 35.4 Å². The number of ether oxygens (including phenoxy) is 1. The van der Waals surface area contributed by atoms with Gasteiger partial charge in [0.15, 0.2) is 5.67 Å². The minimum atomic E-state index is -1.91. The van der Waals surface area contributed by atoms with Crippen LogP contribution in [0, 0.1) is 11.6 Å². The molecule has 0 bridgehead atoms. The number of rotatable bonds is 2. The smallest absolute Gasteiger partial charge is 0.251 e. The Hall–Kier alpha value is -1.56. The third kappa shape index (κ3) is 2.77. The van der Waals surface area contributed by atoms with E-state index in [9.17, 15) is 18.0 Å². The van der Waals surface area contributed by atoms with Gasteiger partial charge in [-0.15, -0.1) is 0 Å². The lowest BCUT2D eigenvalue weighted by Crippen LogP contribution is -2.39. The van der Waals surface area contributed by atoms with Gasteiger partial charge in [-0.1, -0.05) is 0 Å². The van der Waals surface area contributed by atoms with Crippen LogP contribution in [0.2, 0.25) is 0 Å². The van der Waals surface area contributed by atoms with E-state index < -0.39 is 23.4 Å². The largest absolute Gasteiger partial charge is 0.368 e. The molecule has 2 atom stereocenters. The Balaban J connectivity index is 1.76. The Morgan fingerprint density at radius 1 is 1.29 bits per heavy atom. The standard InChI is InChI=1S/C15H16F3NO2/c16-11-6-10(7-12(17)8-11)15(18)3-4-19(9-15)14(20)13-2-1-5-21-13/h6-8,13H,1-5,9H2. The van der Waals surface area contributed by atoms with Crippen LogP contribution in [0.5, 0.6) is 0 Å². The summed E-state index contributed by atoms with van der Waals surface area (Å²) in [4.78, 5) is 13.6. The first-order chi connectivity index (χ1) is 9.98. The third-order valence-electron chi connectivity index (χ3n) is 4.12. The number of likely N-dealkylation sites (tertiary alicyclic amines) is 1. The highest BCUT2D eigenvalue weighted by Gasteiger charge is 2.44. The Kier molecular flexibility index (Phi) is 3.65. The van der Waals surface area contributed by atoms with Crippen molar-refractivity contribution in [1.29, 1.82) is 0 Å². The lowest BCUT2D eigenvalue weighted by atomic mass is 9.95. The molecule has 114 valence electrons. The second kappa shape index (κ2) is 5.33. The average molecular weight is 299 g/mol. The Bertz CT molecular complexity index is 540. The van der Waals surface area contributed by atoms with Gasteiger partial charge in [-0.05, 0) is 30.5 Å². The van der Waals surface area contributed by atoms with Gasteiger partial charge < -0.3 is 9.64 Å². The molecule has 0 radical (unpaired) electrons. The molecule has 0 aliphatic carbocycles. The molecule has 2 unspecified atom stereocenters. The molecule has 0 N–H and O–H groups in total. The fourth-order valence-electron chi connectivity index (χ4n) is 2.99. The van der Waals surface area contributed by atoms with Gasteiger partial charge in [-0.3, -0.25) is 4.79 Å². The van der Waals surface area contributed by atoms with Gasteiger partial charge in [0.05, 0.1) is 6.54 Å². The average Bonchev–Trinajstić information content (AvgIpc) is 3.07. The van der Waals surface area contributed by atoms with Crippen molar-refractivity contribution >= 4 is 5.91 Å². The van der Waals surface area contributed by atoms with E-state index in [2.05, 4.69) is 0 Å². The van der Waals surface area contributed by atoms with Crippen LogP contribution in [0.25, 0.3) is 0 Å². The van der Waals surface area contributed by atoms with Crippen molar-refractivity contribution in [3.8, 4) is 0 Å². The number of carbonyl (C=O) groups is 1. The molecule has 3 nitrogen and oxygen atoms in total. The summed E-state index contributed by atoms with van der Waals surface area (Å²) in [5, 5.41) is 0. The molecule has 21 heavy (non-hydrogen) atoms. The number of amides is 1. The van der Waals surface area contributed by atoms with Crippen LogP contribution < -0.4 is 0 Å². The lowest BCUT2D eigenvalue weighted by molar-refractivity contribution is -0.140. The van der Waals surface area contributed by atoms with Crippen molar-refractivity contribution in [2.45, 2.75) is 31.0 Å². The maximum absolute atomic E-state index is 14.9. The van der Waals surface area contributed by atoms with Gasteiger partial charge in [0.25, 0.3) is 5.91 Å². The normalized spacial score (nSPS) is 29.1. The van der Waals surface area contributed by atoms with E-state index in [0.29, 0.717) is 19.1 Å². The third-order valence-corrected chi connectivity index (χ3v) is 4.12. The van der Waals surface area contributed by atoms with E-state index in [4.69, 9.17) is 4.74 Å². The van der Waals surface area contributed by atoms with Crippen molar-refractivity contribution in [2.75, 3.05) is 19.7 Å². The highest BCUT2D eigenvalue weighted by atomic mass is 19.1. The van der Waals surface area contributed by atoms with Crippen LogP contribution in [-0.4, -0.2) is 36.6 Å². The van der Waals surface area contributed by atoms with Crippen molar-refractivity contribution in [1.82, 2.24) is 4.90 Å². The summed E-state index contributed by atoms with van der Waals surface area (Å²) in [6.45, 7) is 0.585. The SMILES string of the molecule is O=C(C1CCCO1)N1CCC(F)(c2cc(F)cc(F)c2)C1. The molecule has 1 amide bonds.